The van der Waals surface area contributed by atoms with Crippen molar-refractivity contribution < 1.29 is 9.47 Å². The second-order valence-electron chi connectivity index (χ2n) is 5.67. The van der Waals surface area contributed by atoms with Crippen molar-refractivity contribution in [1.29, 1.82) is 0 Å². The Morgan fingerprint density at radius 3 is 2.55 bits per heavy atom. The summed E-state index contributed by atoms with van der Waals surface area (Å²) in [5.74, 6) is 2.40. The van der Waals surface area contributed by atoms with Crippen molar-refractivity contribution in [1.82, 2.24) is 15.1 Å². The van der Waals surface area contributed by atoms with Crippen LogP contribution in [0.5, 0.6) is 11.5 Å². The Kier molecular flexibility index (Phi) is 4.96. The Hall–Kier alpha value is -2.01. The molecule has 1 aliphatic heterocycles. The lowest BCUT2D eigenvalue weighted by Gasteiger charge is -2.31. The molecule has 1 fully saturated rings. The number of benzene rings is 1. The quantitative estimate of drug-likeness (QED) is 0.891. The van der Waals surface area contributed by atoms with Gasteiger partial charge in [-0.15, -0.1) is 0 Å². The number of piperidine rings is 1. The third-order valence-electron chi connectivity index (χ3n) is 4.31. The van der Waals surface area contributed by atoms with Crippen LogP contribution in [0, 0.1) is 0 Å². The minimum Gasteiger partial charge on any atom is -0.497 e. The Morgan fingerprint density at radius 1 is 1.18 bits per heavy atom. The van der Waals surface area contributed by atoms with Gasteiger partial charge in [-0.25, -0.2) is 0 Å². The number of aromatic amines is 1. The maximum Gasteiger partial charge on any atom is 0.119 e. The molecule has 1 aromatic heterocycles. The van der Waals surface area contributed by atoms with Gasteiger partial charge in [0.05, 0.1) is 13.3 Å². The molecule has 1 aliphatic rings. The Labute approximate surface area is 131 Å². The fraction of sp³-hybridized carbons (Fsp3) is 0.471. The molecule has 1 saturated heterocycles. The summed E-state index contributed by atoms with van der Waals surface area (Å²) in [5, 5.41) is 6.95. The number of hydrogen-bond donors (Lipinski definition) is 1. The van der Waals surface area contributed by atoms with Gasteiger partial charge in [0.2, 0.25) is 0 Å². The summed E-state index contributed by atoms with van der Waals surface area (Å²) in [7, 11) is 1.67. The third kappa shape index (κ3) is 3.80. The van der Waals surface area contributed by atoms with Crippen LogP contribution in [-0.4, -0.2) is 48.4 Å². The second kappa shape index (κ2) is 7.31. The fourth-order valence-corrected chi connectivity index (χ4v) is 2.94. The number of nitrogens with zero attached hydrogens (tertiary/aromatic N) is 2. The summed E-state index contributed by atoms with van der Waals surface area (Å²) >= 11 is 0. The van der Waals surface area contributed by atoms with Crippen molar-refractivity contribution in [3.05, 3.63) is 42.2 Å². The highest BCUT2D eigenvalue weighted by Gasteiger charge is 2.20. The molecule has 0 aliphatic carbocycles. The topological polar surface area (TPSA) is 50.4 Å². The molecule has 0 amide bonds. The molecule has 5 nitrogen and oxygen atoms in total. The van der Waals surface area contributed by atoms with Gasteiger partial charge in [-0.2, -0.15) is 5.10 Å². The Balaban J connectivity index is 1.38. The van der Waals surface area contributed by atoms with E-state index in [1.54, 1.807) is 7.11 Å². The fourth-order valence-electron chi connectivity index (χ4n) is 2.94. The average Bonchev–Trinajstić information content (AvgIpc) is 3.11. The molecule has 0 saturated carbocycles. The molecule has 118 valence electrons. The van der Waals surface area contributed by atoms with Gasteiger partial charge in [-0.1, -0.05) is 0 Å². The second-order valence-corrected chi connectivity index (χ2v) is 5.67. The predicted molar refractivity (Wildman–Crippen MR) is 85.5 cm³/mol. The van der Waals surface area contributed by atoms with Crippen molar-refractivity contribution in [3.63, 3.8) is 0 Å². The Morgan fingerprint density at radius 2 is 1.91 bits per heavy atom. The minimum atomic E-state index is 0.650. The molecule has 0 radical (unpaired) electrons. The van der Waals surface area contributed by atoms with Crippen molar-refractivity contribution in [3.8, 4) is 11.5 Å². The van der Waals surface area contributed by atoms with Gasteiger partial charge in [0.1, 0.15) is 18.1 Å². The summed E-state index contributed by atoms with van der Waals surface area (Å²) in [6.45, 7) is 3.95. The first-order valence-electron chi connectivity index (χ1n) is 7.83. The zero-order valence-electron chi connectivity index (χ0n) is 13.0. The van der Waals surface area contributed by atoms with Crippen LogP contribution in [0.2, 0.25) is 0 Å². The molecule has 0 spiro atoms. The largest absolute Gasteiger partial charge is 0.497 e. The Bertz CT molecular complexity index is 546. The molecule has 0 bridgehead atoms. The van der Waals surface area contributed by atoms with Crippen LogP contribution in [0.1, 0.15) is 24.3 Å². The number of hydrogen-bond acceptors (Lipinski definition) is 4. The SMILES string of the molecule is COc1ccc(OCCN2CCC(c3cn[nH]c3)CC2)cc1. The van der Waals surface area contributed by atoms with E-state index in [2.05, 4.69) is 15.1 Å². The van der Waals surface area contributed by atoms with E-state index >= 15 is 0 Å². The maximum absolute atomic E-state index is 5.80. The average molecular weight is 301 g/mol. The van der Waals surface area contributed by atoms with Crippen molar-refractivity contribution in [2.75, 3.05) is 33.4 Å². The number of ether oxygens (including phenoxy) is 2. The smallest absolute Gasteiger partial charge is 0.119 e. The van der Waals surface area contributed by atoms with E-state index in [9.17, 15) is 0 Å². The van der Waals surface area contributed by atoms with E-state index in [-0.39, 0.29) is 0 Å². The lowest BCUT2D eigenvalue weighted by Crippen LogP contribution is -2.35. The van der Waals surface area contributed by atoms with E-state index < -0.39 is 0 Å². The summed E-state index contributed by atoms with van der Waals surface area (Å²) in [6.07, 6.45) is 6.37. The van der Waals surface area contributed by atoms with Gasteiger partial charge in [0.25, 0.3) is 0 Å². The zero-order valence-corrected chi connectivity index (χ0v) is 13.0. The van der Waals surface area contributed by atoms with Crippen LogP contribution in [0.4, 0.5) is 0 Å². The molecular weight excluding hydrogens is 278 g/mol. The van der Waals surface area contributed by atoms with Crippen LogP contribution in [0.3, 0.4) is 0 Å². The first kappa shape index (κ1) is 14.9. The van der Waals surface area contributed by atoms with Crippen LogP contribution in [0.25, 0.3) is 0 Å². The lowest BCUT2D eigenvalue weighted by molar-refractivity contribution is 0.173. The first-order valence-corrected chi connectivity index (χ1v) is 7.83. The first-order chi connectivity index (χ1) is 10.8. The van der Waals surface area contributed by atoms with Crippen LogP contribution in [-0.2, 0) is 0 Å². The molecule has 1 aromatic carbocycles. The predicted octanol–water partition coefficient (Wildman–Crippen LogP) is 2.68. The highest BCUT2D eigenvalue weighted by atomic mass is 16.5. The van der Waals surface area contributed by atoms with E-state index in [0.29, 0.717) is 5.92 Å². The highest BCUT2D eigenvalue weighted by Crippen LogP contribution is 2.26. The normalized spacial score (nSPS) is 16.6. The molecular formula is C17H23N3O2. The number of H-pyrrole nitrogens is 1. The van der Waals surface area contributed by atoms with Gasteiger partial charge in [0, 0.05) is 12.7 Å². The molecule has 3 rings (SSSR count). The summed E-state index contributed by atoms with van der Waals surface area (Å²) in [5.41, 5.74) is 1.34. The summed E-state index contributed by atoms with van der Waals surface area (Å²) < 4.78 is 10.9. The van der Waals surface area contributed by atoms with Crippen LogP contribution in [0.15, 0.2) is 36.7 Å². The summed E-state index contributed by atoms with van der Waals surface area (Å²) in [4.78, 5) is 2.47. The van der Waals surface area contributed by atoms with Crippen molar-refractivity contribution in [2.45, 2.75) is 18.8 Å². The number of aromatic nitrogens is 2. The van der Waals surface area contributed by atoms with Gasteiger partial charge in [-0.05, 0) is 61.7 Å². The summed E-state index contributed by atoms with van der Waals surface area (Å²) in [6, 6.07) is 7.74. The molecule has 2 aromatic rings. The van der Waals surface area contributed by atoms with E-state index in [1.165, 1.54) is 18.4 Å². The molecule has 22 heavy (non-hydrogen) atoms. The van der Waals surface area contributed by atoms with E-state index in [4.69, 9.17) is 9.47 Å². The number of nitrogens with one attached hydrogen (secondary N) is 1. The minimum absolute atomic E-state index is 0.650. The zero-order chi connectivity index (χ0) is 15.2. The molecule has 0 atom stereocenters. The molecule has 1 N–H and O–H groups in total. The molecule has 2 heterocycles. The monoisotopic (exact) mass is 301 g/mol. The lowest BCUT2D eigenvalue weighted by atomic mass is 9.92. The third-order valence-corrected chi connectivity index (χ3v) is 4.31. The van der Waals surface area contributed by atoms with Gasteiger partial charge in [0.15, 0.2) is 0 Å². The highest BCUT2D eigenvalue weighted by molar-refractivity contribution is 5.31. The van der Waals surface area contributed by atoms with E-state index in [0.717, 1.165) is 37.7 Å². The van der Waals surface area contributed by atoms with Crippen molar-refractivity contribution in [2.24, 2.45) is 0 Å². The standard InChI is InChI=1S/C17H23N3O2/c1-21-16-2-4-17(5-3-16)22-11-10-20-8-6-14(7-9-20)15-12-18-19-13-15/h2-5,12-14H,6-11H2,1H3,(H,18,19). The maximum atomic E-state index is 5.80. The number of rotatable bonds is 6. The number of likely N-dealkylation sites (tertiary alicyclic amines) is 1. The van der Waals surface area contributed by atoms with Crippen molar-refractivity contribution >= 4 is 0 Å². The van der Waals surface area contributed by atoms with Gasteiger partial charge >= 0.3 is 0 Å². The van der Waals surface area contributed by atoms with E-state index in [1.807, 2.05) is 36.7 Å². The molecule has 0 unspecified atom stereocenters. The van der Waals surface area contributed by atoms with Gasteiger partial charge < -0.3 is 9.47 Å². The molecule has 5 heteroatoms. The van der Waals surface area contributed by atoms with Crippen LogP contribution < -0.4 is 9.47 Å². The van der Waals surface area contributed by atoms with Gasteiger partial charge in [-0.3, -0.25) is 10.00 Å². The van der Waals surface area contributed by atoms with Crippen LogP contribution >= 0.6 is 0 Å². The number of methoxy groups -OCH3 is 1.